The molecule has 1 aromatic rings. The van der Waals surface area contributed by atoms with Crippen molar-refractivity contribution in [1.82, 2.24) is 4.90 Å². The minimum absolute atomic E-state index is 0.228. The molecule has 0 heterocycles. The molecule has 1 rings (SSSR count). The molecule has 0 radical (unpaired) electrons. The summed E-state index contributed by atoms with van der Waals surface area (Å²) in [5.41, 5.74) is 0.715. The second-order valence-electron chi connectivity index (χ2n) is 6.26. The summed E-state index contributed by atoms with van der Waals surface area (Å²) < 4.78 is 10.8. The SMILES string of the molecule is CCOC(=O)C(C/C(C)=C/COCc1ccccc1)(C(C)=O)N(C)C. The maximum Gasteiger partial charge on any atom is 0.334 e. The van der Waals surface area contributed by atoms with Crippen LogP contribution in [-0.2, 0) is 25.7 Å². The third-order valence-electron chi connectivity index (χ3n) is 4.15. The van der Waals surface area contributed by atoms with E-state index in [1.54, 1.807) is 25.9 Å². The van der Waals surface area contributed by atoms with Crippen LogP contribution < -0.4 is 0 Å². The fraction of sp³-hybridized carbons (Fsp3) is 0.500. The fourth-order valence-corrected chi connectivity index (χ4v) is 2.67. The summed E-state index contributed by atoms with van der Waals surface area (Å²) in [5.74, 6) is -0.737. The van der Waals surface area contributed by atoms with Crippen molar-refractivity contribution in [2.24, 2.45) is 0 Å². The second-order valence-corrected chi connectivity index (χ2v) is 6.26. The average molecular weight is 347 g/mol. The van der Waals surface area contributed by atoms with Gasteiger partial charge in [-0.15, -0.1) is 0 Å². The molecule has 0 N–H and O–H groups in total. The highest BCUT2D eigenvalue weighted by Gasteiger charge is 2.47. The van der Waals surface area contributed by atoms with Gasteiger partial charge < -0.3 is 9.47 Å². The van der Waals surface area contributed by atoms with Gasteiger partial charge in [0, 0.05) is 6.42 Å². The lowest BCUT2D eigenvalue weighted by atomic mass is 9.86. The molecule has 0 saturated heterocycles. The highest BCUT2D eigenvalue weighted by Crippen LogP contribution is 2.25. The third-order valence-corrected chi connectivity index (χ3v) is 4.15. The minimum Gasteiger partial charge on any atom is -0.464 e. The molecule has 138 valence electrons. The summed E-state index contributed by atoms with van der Waals surface area (Å²) >= 11 is 0. The van der Waals surface area contributed by atoms with E-state index in [1.807, 2.05) is 43.3 Å². The monoisotopic (exact) mass is 347 g/mol. The van der Waals surface area contributed by atoms with E-state index in [2.05, 4.69) is 0 Å². The molecule has 1 aromatic carbocycles. The largest absolute Gasteiger partial charge is 0.464 e. The zero-order chi connectivity index (χ0) is 18.9. The van der Waals surface area contributed by atoms with E-state index < -0.39 is 11.5 Å². The number of benzene rings is 1. The van der Waals surface area contributed by atoms with Crippen LogP contribution in [0.25, 0.3) is 0 Å². The van der Waals surface area contributed by atoms with E-state index in [9.17, 15) is 9.59 Å². The number of ketones is 1. The van der Waals surface area contributed by atoms with Gasteiger partial charge in [-0.05, 0) is 40.4 Å². The van der Waals surface area contributed by atoms with Crippen molar-refractivity contribution in [3.63, 3.8) is 0 Å². The topological polar surface area (TPSA) is 55.8 Å². The molecule has 0 aliphatic heterocycles. The number of Topliss-reactive ketones (excluding diaryl/α,β-unsaturated/α-hetero) is 1. The lowest BCUT2D eigenvalue weighted by Crippen LogP contribution is -2.57. The summed E-state index contributed by atoms with van der Waals surface area (Å²) in [7, 11) is 3.44. The van der Waals surface area contributed by atoms with Gasteiger partial charge in [0.25, 0.3) is 0 Å². The van der Waals surface area contributed by atoms with Crippen molar-refractivity contribution in [3.8, 4) is 0 Å². The van der Waals surface area contributed by atoms with E-state index in [0.717, 1.165) is 11.1 Å². The van der Waals surface area contributed by atoms with Crippen LogP contribution in [0.3, 0.4) is 0 Å². The van der Waals surface area contributed by atoms with Crippen molar-refractivity contribution >= 4 is 11.8 Å². The van der Waals surface area contributed by atoms with Crippen LogP contribution in [-0.4, -0.2) is 49.5 Å². The quantitative estimate of drug-likeness (QED) is 0.282. The van der Waals surface area contributed by atoms with Crippen LogP contribution in [0.15, 0.2) is 42.0 Å². The molecule has 5 heteroatoms. The van der Waals surface area contributed by atoms with E-state index in [1.165, 1.54) is 6.92 Å². The van der Waals surface area contributed by atoms with Crippen LogP contribution >= 0.6 is 0 Å². The van der Waals surface area contributed by atoms with Gasteiger partial charge in [-0.3, -0.25) is 9.69 Å². The number of rotatable bonds is 10. The Balaban J connectivity index is 2.75. The number of ether oxygens (including phenoxy) is 2. The zero-order valence-corrected chi connectivity index (χ0v) is 15.9. The van der Waals surface area contributed by atoms with Crippen molar-refractivity contribution in [2.75, 3.05) is 27.3 Å². The first-order valence-electron chi connectivity index (χ1n) is 8.47. The molecule has 0 saturated carbocycles. The molecule has 0 aliphatic rings. The number of esters is 1. The molecule has 5 nitrogen and oxygen atoms in total. The predicted molar refractivity (Wildman–Crippen MR) is 98.2 cm³/mol. The first kappa shape index (κ1) is 21.1. The van der Waals surface area contributed by atoms with Crippen molar-refractivity contribution in [3.05, 3.63) is 47.5 Å². The number of carbonyl (C=O) groups excluding carboxylic acids is 2. The molecule has 1 atom stereocenters. The minimum atomic E-state index is -1.30. The van der Waals surface area contributed by atoms with Crippen LogP contribution in [0.4, 0.5) is 0 Å². The van der Waals surface area contributed by atoms with E-state index in [0.29, 0.717) is 13.2 Å². The first-order valence-corrected chi connectivity index (χ1v) is 8.47. The van der Waals surface area contributed by atoms with Gasteiger partial charge in [0.1, 0.15) is 0 Å². The highest BCUT2D eigenvalue weighted by molar-refractivity contribution is 6.07. The molecule has 0 spiro atoms. The first-order chi connectivity index (χ1) is 11.8. The zero-order valence-electron chi connectivity index (χ0n) is 15.9. The lowest BCUT2D eigenvalue weighted by Gasteiger charge is -2.35. The van der Waals surface area contributed by atoms with Crippen molar-refractivity contribution in [1.29, 1.82) is 0 Å². The van der Waals surface area contributed by atoms with Crippen LogP contribution in [0.5, 0.6) is 0 Å². The standard InChI is InChI=1S/C20H29NO4/c1-6-25-19(23)20(17(3)22,21(4)5)14-16(2)12-13-24-15-18-10-8-7-9-11-18/h7-12H,6,13-15H2,1-5H3/b16-12+. The lowest BCUT2D eigenvalue weighted by molar-refractivity contribution is -0.160. The number of nitrogens with zero attached hydrogens (tertiary/aromatic N) is 1. The molecule has 1 unspecified atom stereocenters. The molecule has 0 aliphatic carbocycles. The number of carbonyl (C=O) groups is 2. The number of hydrogen-bond acceptors (Lipinski definition) is 5. The Labute approximate surface area is 150 Å². The Hall–Kier alpha value is -1.98. The van der Waals surface area contributed by atoms with Gasteiger partial charge in [-0.2, -0.15) is 0 Å². The summed E-state index contributed by atoms with van der Waals surface area (Å²) in [6.45, 7) is 6.24. The number of hydrogen-bond donors (Lipinski definition) is 0. The second kappa shape index (κ2) is 10.1. The molecule has 0 amide bonds. The van der Waals surface area contributed by atoms with Gasteiger partial charge >= 0.3 is 5.97 Å². The van der Waals surface area contributed by atoms with Crippen LogP contribution in [0, 0.1) is 0 Å². The smallest absolute Gasteiger partial charge is 0.334 e. The van der Waals surface area contributed by atoms with Gasteiger partial charge in [0.05, 0.1) is 19.8 Å². The van der Waals surface area contributed by atoms with E-state index >= 15 is 0 Å². The molecule has 0 aromatic heterocycles. The maximum atomic E-state index is 12.5. The summed E-state index contributed by atoms with van der Waals surface area (Å²) in [4.78, 5) is 26.4. The Morgan fingerprint density at radius 3 is 2.32 bits per heavy atom. The fourth-order valence-electron chi connectivity index (χ4n) is 2.67. The summed E-state index contributed by atoms with van der Waals surface area (Å²) in [6, 6.07) is 9.91. The van der Waals surface area contributed by atoms with Crippen molar-refractivity contribution in [2.45, 2.75) is 39.3 Å². The Bertz CT molecular complexity index is 595. The maximum absolute atomic E-state index is 12.5. The Morgan fingerprint density at radius 2 is 1.80 bits per heavy atom. The van der Waals surface area contributed by atoms with Crippen LogP contribution in [0.2, 0.25) is 0 Å². The summed E-state index contributed by atoms with van der Waals surface area (Å²) in [5, 5.41) is 0. The molecular formula is C20H29NO4. The molecule has 0 fully saturated rings. The Morgan fingerprint density at radius 1 is 1.16 bits per heavy atom. The third kappa shape index (κ3) is 5.80. The van der Waals surface area contributed by atoms with Gasteiger partial charge in [0.15, 0.2) is 11.3 Å². The number of likely N-dealkylation sites (N-methyl/N-ethyl adjacent to an activating group) is 1. The van der Waals surface area contributed by atoms with E-state index in [-0.39, 0.29) is 18.8 Å². The molecule has 25 heavy (non-hydrogen) atoms. The Kier molecular flexibility index (Phi) is 8.52. The highest BCUT2D eigenvalue weighted by atomic mass is 16.5. The average Bonchev–Trinajstić information content (AvgIpc) is 2.57. The van der Waals surface area contributed by atoms with Gasteiger partial charge in [0.2, 0.25) is 0 Å². The normalized spacial score (nSPS) is 14.2. The van der Waals surface area contributed by atoms with Gasteiger partial charge in [-0.25, -0.2) is 4.79 Å². The summed E-state index contributed by atoms with van der Waals surface area (Å²) in [6.07, 6.45) is 2.19. The molecular weight excluding hydrogens is 318 g/mol. The molecule has 0 bridgehead atoms. The van der Waals surface area contributed by atoms with Crippen LogP contribution in [0.1, 0.15) is 32.8 Å². The van der Waals surface area contributed by atoms with Crippen molar-refractivity contribution < 1.29 is 19.1 Å². The predicted octanol–water partition coefficient (Wildman–Crippen LogP) is 2.99. The van der Waals surface area contributed by atoms with Gasteiger partial charge in [-0.1, -0.05) is 42.0 Å². The van der Waals surface area contributed by atoms with E-state index in [4.69, 9.17) is 9.47 Å².